The summed E-state index contributed by atoms with van der Waals surface area (Å²) >= 11 is 0. The number of amides is 1. The Morgan fingerprint density at radius 3 is 2.74 bits per heavy atom. The normalized spacial score (nSPS) is 30.8. The van der Waals surface area contributed by atoms with Crippen LogP contribution in [0, 0.1) is 11.3 Å². The van der Waals surface area contributed by atoms with Crippen molar-refractivity contribution in [1.82, 2.24) is 10.6 Å². The van der Waals surface area contributed by atoms with Crippen LogP contribution in [0.25, 0.3) is 0 Å². The molecule has 4 heteroatoms. The van der Waals surface area contributed by atoms with Gasteiger partial charge in [-0.2, -0.15) is 0 Å². The van der Waals surface area contributed by atoms with Crippen LogP contribution in [0.15, 0.2) is 0 Å². The predicted octanol–water partition coefficient (Wildman–Crippen LogP) is 1.43. The molecule has 2 rings (SSSR count). The Hall–Kier alpha value is -0.610. The summed E-state index contributed by atoms with van der Waals surface area (Å²) in [6, 6.07) is 0.436. The van der Waals surface area contributed by atoms with Gasteiger partial charge in [-0.3, -0.25) is 4.79 Å². The summed E-state index contributed by atoms with van der Waals surface area (Å²) < 4.78 is 0. The molecule has 110 valence electrons. The minimum Gasteiger partial charge on any atom is -0.396 e. The number of hydrogen-bond donors (Lipinski definition) is 3. The quantitative estimate of drug-likeness (QED) is 0.723. The number of hydrogen-bond acceptors (Lipinski definition) is 3. The van der Waals surface area contributed by atoms with E-state index in [0.717, 1.165) is 32.2 Å². The molecule has 0 spiro atoms. The van der Waals surface area contributed by atoms with E-state index in [1.165, 1.54) is 19.3 Å². The van der Waals surface area contributed by atoms with Crippen LogP contribution in [0.4, 0.5) is 0 Å². The van der Waals surface area contributed by atoms with Crippen LogP contribution >= 0.6 is 0 Å². The molecule has 2 atom stereocenters. The van der Waals surface area contributed by atoms with E-state index in [4.69, 9.17) is 0 Å². The van der Waals surface area contributed by atoms with Gasteiger partial charge in [-0.15, -0.1) is 0 Å². The zero-order valence-corrected chi connectivity index (χ0v) is 12.1. The molecule has 1 saturated carbocycles. The SMILES string of the molecule is CC1CC(C(=O)NCC2(CO)CCCCC2)CCN1. The molecular weight excluding hydrogens is 240 g/mol. The van der Waals surface area contributed by atoms with Crippen molar-refractivity contribution in [3.8, 4) is 0 Å². The fourth-order valence-corrected chi connectivity index (χ4v) is 3.48. The van der Waals surface area contributed by atoms with Crippen LogP contribution in [0.1, 0.15) is 51.9 Å². The molecule has 1 heterocycles. The summed E-state index contributed by atoms with van der Waals surface area (Å²) in [6.07, 6.45) is 7.59. The Morgan fingerprint density at radius 2 is 2.11 bits per heavy atom. The summed E-state index contributed by atoms with van der Waals surface area (Å²) in [5.41, 5.74) is -0.0492. The van der Waals surface area contributed by atoms with E-state index >= 15 is 0 Å². The molecule has 1 saturated heterocycles. The highest BCUT2D eigenvalue weighted by atomic mass is 16.3. The molecule has 0 bridgehead atoms. The van der Waals surface area contributed by atoms with E-state index in [2.05, 4.69) is 17.6 Å². The van der Waals surface area contributed by atoms with Crippen LogP contribution in [0.2, 0.25) is 0 Å². The van der Waals surface area contributed by atoms with Gasteiger partial charge in [-0.05, 0) is 39.2 Å². The van der Waals surface area contributed by atoms with Crippen molar-refractivity contribution in [2.24, 2.45) is 11.3 Å². The molecule has 4 nitrogen and oxygen atoms in total. The maximum Gasteiger partial charge on any atom is 0.223 e. The minimum atomic E-state index is -0.0492. The van der Waals surface area contributed by atoms with Crippen LogP contribution < -0.4 is 10.6 Å². The van der Waals surface area contributed by atoms with Crippen molar-refractivity contribution in [3.05, 3.63) is 0 Å². The predicted molar refractivity (Wildman–Crippen MR) is 75.8 cm³/mol. The Labute approximate surface area is 116 Å². The van der Waals surface area contributed by atoms with E-state index in [1.807, 2.05) is 0 Å². The first-order valence-electron chi connectivity index (χ1n) is 7.77. The zero-order valence-electron chi connectivity index (χ0n) is 12.1. The van der Waals surface area contributed by atoms with Crippen LogP contribution in [0.5, 0.6) is 0 Å². The number of aliphatic hydroxyl groups excluding tert-OH is 1. The topological polar surface area (TPSA) is 61.4 Å². The van der Waals surface area contributed by atoms with E-state index in [-0.39, 0.29) is 23.8 Å². The fraction of sp³-hybridized carbons (Fsp3) is 0.933. The summed E-state index contributed by atoms with van der Waals surface area (Å²) in [4.78, 5) is 12.2. The van der Waals surface area contributed by atoms with Gasteiger partial charge in [0, 0.05) is 23.9 Å². The Balaban J connectivity index is 1.81. The van der Waals surface area contributed by atoms with Crippen LogP contribution in [-0.4, -0.2) is 36.8 Å². The molecule has 0 radical (unpaired) electrons. The zero-order chi connectivity index (χ0) is 13.7. The molecule has 2 fully saturated rings. The largest absolute Gasteiger partial charge is 0.396 e. The fourth-order valence-electron chi connectivity index (χ4n) is 3.48. The third-order valence-electron chi connectivity index (χ3n) is 4.88. The number of nitrogens with one attached hydrogen (secondary N) is 2. The number of carbonyl (C=O) groups is 1. The lowest BCUT2D eigenvalue weighted by Crippen LogP contribution is -2.46. The van der Waals surface area contributed by atoms with Gasteiger partial charge in [-0.1, -0.05) is 19.3 Å². The molecule has 1 aliphatic carbocycles. The highest BCUT2D eigenvalue weighted by Gasteiger charge is 2.33. The van der Waals surface area contributed by atoms with Gasteiger partial charge >= 0.3 is 0 Å². The molecule has 2 unspecified atom stereocenters. The van der Waals surface area contributed by atoms with Gasteiger partial charge in [0.25, 0.3) is 0 Å². The van der Waals surface area contributed by atoms with Crippen molar-refractivity contribution >= 4 is 5.91 Å². The molecule has 0 aromatic carbocycles. The standard InChI is InChI=1S/C15H28N2O2/c1-12-9-13(5-8-16-12)14(19)17-10-15(11-18)6-3-2-4-7-15/h12-13,16,18H,2-11H2,1H3,(H,17,19). The first kappa shape index (κ1) is 14.8. The van der Waals surface area contributed by atoms with E-state index in [0.29, 0.717) is 12.6 Å². The average Bonchev–Trinajstić information content (AvgIpc) is 2.46. The van der Waals surface area contributed by atoms with Crippen LogP contribution in [0.3, 0.4) is 0 Å². The molecule has 0 aromatic heterocycles. The molecule has 0 aromatic rings. The molecule has 3 N–H and O–H groups in total. The van der Waals surface area contributed by atoms with Crippen molar-refractivity contribution < 1.29 is 9.90 Å². The van der Waals surface area contributed by atoms with Crippen molar-refractivity contribution in [3.63, 3.8) is 0 Å². The van der Waals surface area contributed by atoms with Crippen molar-refractivity contribution in [2.75, 3.05) is 19.7 Å². The first-order valence-corrected chi connectivity index (χ1v) is 7.77. The van der Waals surface area contributed by atoms with Gasteiger partial charge in [-0.25, -0.2) is 0 Å². The number of carbonyl (C=O) groups excluding carboxylic acids is 1. The van der Waals surface area contributed by atoms with Crippen molar-refractivity contribution in [2.45, 2.75) is 57.9 Å². The van der Waals surface area contributed by atoms with Gasteiger partial charge < -0.3 is 15.7 Å². The smallest absolute Gasteiger partial charge is 0.223 e. The summed E-state index contributed by atoms with van der Waals surface area (Å²) in [6.45, 7) is 3.93. The third-order valence-corrected chi connectivity index (χ3v) is 4.88. The second-order valence-electron chi connectivity index (χ2n) is 6.51. The van der Waals surface area contributed by atoms with E-state index in [1.54, 1.807) is 0 Å². The van der Waals surface area contributed by atoms with Gasteiger partial charge in [0.05, 0.1) is 6.61 Å². The summed E-state index contributed by atoms with van der Waals surface area (Å²) in [7, 11) is 0. The Kier molecular flexibility index (Phi) is 5.22. The molecule has 1 amide bonds. The lowest BCUT2D eigenvalue weighted by molar-refractivity contribution is -0.126. The minimum absolute atomic E-state index is 0.0492. The summed E-state index contributed by atoms with van der Waals surface area (Å²) in [5, 5.41) is 16.1. The lowest BCUT2D eigenvalue weighted by atomic mass is 9.74. The maximum atomic E-state index is 12.2. The average molecular weight is 268 g/mol. The molecular formula is C15H28N2O2. The molecule has 1 aliphatic heterocycles. The maximum absolute atomic E-state index is 12.2. The van der Waals surface area contributed by atoms with Crippen molar-refractivity contribution in [1.29, 1.82) is 0 Å². The second-order valence-corrected chi connectivity index (χ2v) is 6.51. The Morgan fingerprint density at radius 1 is 1.37 bits per heavy atom. The second kappa shape index (κ2) is 6.71. The molecule has 19 heavy (non-hydrogen) atoms. The summed E-state index contributed by atoms with van der Waals surface area (Å²) in [5.74, 6) is 0.335. The van der Waals surface area contributed by atoms with Gasteiger partial charge in [0.1, 0.15) is 0 Å². The van der Waals surface area contributed by atoms with Crippen LogP contribution in [-0.2, 0) is 4.79 Å². The third kappa shape index (κ3) is 3.93. The lowest BCUT2D eigenvalue weighted by Gasteiger charge is -2.36. The van der Waals surface area contributed by atoms with Gasteiger partial charge in [0.15, 0.2) is 0 Å². The number of rotatable bonds is 4. The first-order chi connectivity index (χ1) is 9.15. The molecule has 2 aliphatic rings. The highest BCUT2D eigenvalue weighted by Crippen LogP contribution is 2.35. The van der Waals surface area contributed by atoms with Gasteiger partial charge in [0.2, 0.25) is 5.91 Å². The monoisotopic (exact) mass is 268 g/mol. The van der Waals surface area contributed by atoms with E-state index in [9.17, 15) is 9.90 Å². The Bertz CT molecular complexity index is 301. The number of aliphatic hydroxyl groups is 1. The van der Waals surface area contributed by atoms with E-state index < -0.39 is 0 Å². The number of piperidine rings is 1. The highest BCUT2D eigenvalue weighted by molar-refractivity contribution is 5.78.